The van der Waals surface area contributed by atoms with Gasteiger partial charge in [-0.1, -0.05) is 36.5 Å². The normalized spacial score (nSPS) is 17.0. The second-order valence-corrected chi connectivity index (χ2v) is 3.90. The van der Waals surface area contributed by atoms with Crippen LogP contribution in [0.2, 0.25) is 0 Å². The van der Waals surface area contributed by atoms with Crippen molar-refractivity contribution in [1.29, 1.82) is 0 Å². The van der Waals surface area contributed by atoms with E-state index >= 15 is 0 Å². The van der Waals surface area contributed by atoms with Gasteiger partial charge in [0, 0.05) is 0 Å². The zero-order valence-corrected chi connectivity index (χ0v) is 10.2. The maximum absolute atomic E-state index is 5.74. The molecule has 0 unspecified atom stereocenters. The topological polar surface area (TPSA) is 9.23 Å². The monoisotopic (exact) mass is 216 g/mol. The maximum Gasteiger partial charge on any atom is 0.115 e. The predicted octanol–water partition coefficient (Wildman–Crippen LogP) is 4.32. The third-order valence-corrected chi connectivity index (χ3v) is 2.39. The number of rotatable bonds is 5. The van der Waals surface area contributed by atoms with Gasteiger partial charge in [-0.25, -0.2) is 0 Å². The molecule has 0 aliphatic heterocycles. The van der Waals surface area contributed by atoms with Crippen molar-refractivity contribution < 1.29 is 4.74 Å². The molecule has 0 aromatic carbocycles. The van der Waals surface area contributed by atoms with E-state index in [2.05, 4.69) is 25.7 Å². The summed E-state index contributed by atoms with van der Waals surface area (Å²) >= 11 is 0. The van der Waals surface area contributed by atoms with E-state index in [4.69, 9.17) is 4.74 Å². The molecule has 1 heteroatoms. The molecule has 0 aromatic rings. The van der Waals surface area contributed by atoms with Crippen LogP contribution >= 0.6 is 0 Å². The van der Waals surface area contributed by atoms with E-state index in [0.29, 0.717) is 6.61 Å². The number of hydrogen-bond donors (Lipinski definition) is 0. The van der Waals surface area contributed by atoms with Gasteiger partial charge in [0.25, 0.3) is 0 Å². The first kappa shape index (κ1) is 12.6. The van der Waals surface area contributed by atoms with Crippen molar-refractivity contribution in [3.63, 3.8) is 0 Å². The highest BCUT2D eigenvalue weighted by Gasteiger charge is 2.02. The highest BCUT2D eigenvalue weighted by atomic mass is 16.5. The van der Waals surface area contributed by atoms with Crippen molar-refractivity contribution in [1.82, 2.24) is 0 Å². The van der Waals surface area contributed by atoms with Crippen LogP contribution in [0.4, 0.5) is 0 Å². The van der Waals surface area contributed by atoms with Crippen LogP contribution in [0.3, 0.4) is 0 Å². The molecule has 1 aliphatic rings. The van der Waals surface area contributed by atoms with Gasteiger partial charge in [-0.3, -0.25) is 0 Å². The predicted molar refractivity (Wildman–Crippen MR) is 70.1 cm³/mol. The minimum atomic E-state index is 0.603. The standard InChI is InChI=1S/C15H20O/c1-4-7-14(8-5-2)12-16-15-10-6-9-13(3)11-15/h4-5,7-8,10-11H,1,6,9,12H2,2-3H3/b8-5-,14-7+. The Morgan fingerprint density at radius 1 is 1.56 bits per heavy atom. The Labute approximate surface area is 98.5 Å². The molecule has 0 fully saturated rings. The Hall–Kier alpha value is -1.50. The van der Waals surface area contributed by atoms with Crippen molar-refractivity contribution in [2.24, 2.45) is 0 Å². The van der Waals surface area contributed by atoms with Gasteiger partial charge < -0.3 is 4.74 Å². The molecule has 0 aromatic heterocycles. The highest BCUT2D eigenvalue weighted by Crippen LogP contribution is 2.18. The van der Waals surface area contributed by atoms with Crippen molar-refractivity contribution in [2.45, 2.75) is 26.7 Å². The smallest absolute Gasteiger partial charge is 0.115 e. The largest absolute Gasteiger partial charge is 0.489 e. The summed E-state index contributed by atoms with van der Waals surface area (Å²) in [6.07, 6.45) is 14.3. The zero-order valence-electron chi connectivity index (χ0n) is 10.2. The minimum Gasteiger partial charge on any atom is -0.489 e. The Morgan fingerprint density at radius 2 is 2.38 bits per heavy atom. The molecule has 0 N–H and O–H groups in total. The third-order valence-electron chi connectivity index (χ3n) is 2.39. The van der Waals surface area contributed by atoms with Crippen LogP contribution < -0.4 is 0 Å². The summed E-state index contributed by atoms with van der Waals surface area (Å²) in [5.41, 5.74) is 2.52. The molecule has 0 saturated carbocycles. The minimum absolute atomic E-state index is 0.603. The first-order chi connectivity index (χ1) is 7.76. The lowest BCUT2D eigenvalue weighted by atomic mass is 10.1. The molecule has 0 amide bonds. The van der Waals surface area contributed by atoms with Gasteiger partial charge in [0.15, 0.2) is 0 Å². The van der Waals surface area contributed by atoms with E-state index in [1.165, 1.54) is 5.57 Å². The Morgan fingerprint density at radius 3 is 3.00 bits per heavy atom. The summed E-state index contributed by atoms with van der Waals surface area (Å²) in [5, 5.41) is 0. The van der Waals surface area contributed by atoms with Gasteiger partial charge in [0.1, 0.15) is 12.4 Å². The van der Waals surface area contributed by atoms with E-state index in [-0.39, 0.29) is 0 Å². The van der Waals surface area contributed by atoms with Crippen LogP contribution in [0.1, 0.15) is 26.7 Å². The Kier molecular flexibility index (Phi) is 5.41. The van der Waals surface area contributed by atoms with E-state index in [1.54, 1.807) is 6.08 Å². The van der Waals surface area contributed by atoms with Gasteiger partial charge in [0.2, 0.25) is 0 Å². The summed E-state index contributed by atoms with van der Waals surface area (Å²) in [7, 11) is 0. The highest BCUT2D eigenvalue weighted by molar-refractivity contribution is 5.26. The van der Waals surface area contributed by atoms with Gasteiger partial charge in [-0.15, -0.1) is 0 Å². The van der Waals surface area contributed by atoms with Crippen molar-refractivity contribution in [2.75, 3.05) is 6.61 Å². The van der Waals surface area contributed by atoms with Crippen LogP contribution in [0.5, 0.6) is 0 Å². The summed E-state index contributed by atoms with van der Waals surface area (Å²) in [6.45, 7) is 8.44. The maximum atomic E-state index is 5.74. The number of allylic oxidation sites excluding steroid dienone is 6. The molecule has 1 nitrogen and oxygen atoms in total. The van der Waals surface area contributed by atoms with Crippen LogP contribution in [0.15, 0.2) is 59.9 Å². The summed E-state index contributed by atoms with van der Waals surface area (Å²) in [5.74, 6) is 0.989. The SMILES string of the molecule is C=C/C=C(\C=C/C)COC1=CCCC(C)=C1. The average molecular weight is 216 g/mol. The molecule has 0 atom stereocenters. The zero-order chi connectivity index (χ0) is 11.8. The number of ether oxygens (including phenoxy) is 1. The van der Waals surface area contributed by atoms with Gasteiger partial charge in [-0.2, -0.15) is 0 Å². The molecule has 0 bridgehead atoms. The van der Waals surface area contributed by atoms with Gasteiger partial charge in [0.05, 0.1) is 0 Å². The van der Waals surface area contributed by atoms with E-state index < -0.39 is 0 Å². The van der Waals surface area contributed by atoms with Crippen molar-refractivity contribution in [3.8, 4) is 0 Å². The fraction of sp³-hybridized carbons (Fsp3) is 0.333. The van der Waals surface area contributed by atoms with E-state index in [9.17, 15) is 0 Å². The summed E-state index contributed by atoms with van der Waals surface area (Å²) in [6, 6.07) is 0. The molecule has 0 spiro atoms. The second kappa shape index (κ2) is 6.89. The first-order valence-corrected chi connectivity index (χ1v) is 5.70. The molecule has 0 saturated heterocycles. The van der Waals surface area contributed by atoms with Crippen LogP contribution in [-0.4, -0.2) is 6.61 Å². The average Bonchev–Trinajstić information content (AvgIpc) is 2.27. The van der Waals surface area contributed by atoms with Crippen molar-refractivity contribution in [3.05, 3.63) is 59.9 Å². The van der Waals surface area contributed by atoms with Crippen molar-refractivity contribution >= 4 is 0 Å². The third kappa shape index (κ3) is 4.35. The Bertz CT molecular complexity index is 354. The fourth-order valence-corrected chi connectivity index (χ4v) is 1.60. The molecule has 0 radical (unpaired) electrons. The molecule has 16 heavy (non-hydrogen) atoms. The molecular formula is C15H20O. The Balaban J connectivity index is 2.53. The molecule has 0 heterocycles. The summed E-state index contributed by atoms with van der Waals surface area (Å²) in [4.78, 5) is 0. The van der Waals surface area contributed by atoms with E-state index in [0.717, 1.165) is 24.2 Å². The summed E-state index contributed by atoms with van der Waals surface area (Å²) < 4.78 is 5.74. The van der Waals surface area contributed by atoms with Gasteiger partial charge >= 0.3 is 0 Å². The lowest BCUT2D eigenvalue weighted by molar-refractivity contribution is 0.252. The lowest BCUT2D eigenvalue weighted by Crippen LogP contribution is -1.99. The molecule has 86 valence electrons. The first-order valence-electron chi connectivity index (χ1n) is 5.70. The van der Waals surface area contributed by atoms with E-state index in [1.807, 2.05) is 25.2 Å². The quantitative estimate of drug-likeness (QED) is 0.622. The van der Waals surface area contributed by atoms with Crippen LogP contribution in [-0.2, 0) is 4.74 Å². The van der Waals surface area contributed by atoms with Gasteiger partial charge in [-0.05, 0) is 44.4 Å². The molecule has 1 rings (SSSR count). The molecular weight excluding hydrogens is 196 g/mol. The molecule has 1 aliphatic carbocycles. The van der Waals surface area contributed by atoms with Crippen LogP contribution in [0.25, 0.3) is 0 Å². The van der Waals surface area contributed by atoms with Crippen LogP contribution in [0, 0.1) is 0 Å². The lowest BCUT2D eigenvalue weighted by Gasteiger charge is -2.12. The fourth-order valence-electron chi connectivity index (χ4n) is 1.60. The number of hydrogen-bond acceptors (Lipinski definition) is 1. The second-order valence-electron chi connectivity index (χ2n) is 3.90.